The molecule has 2 N–H and O–H groups in total. The maximum Gasteiger partial charge on any atom is 0.270 e. The van der Waals surface area contributed by atoms with E-state index in [2.05, 4.69) is 40.7 Å². The fourth-order valence-electron chi connectivity index (χ4n) is 3.88. The lowest BCUT2D eigenvalue weighted by Gasteiger charge is -2.14. The minimum Gasteiger partial charge on any atom is -0.353 e. The largest absolute Gasteiger partial charge is 0.353 e. The summed E-state index contributed by atoms with van der Waals surface area (Å²) in [6.07, 6.45) is 4.93. The average Bonchev–Trinajstić information content (AvgIpc) is 3.40. The van der Waals surface area contributed by atoms with E-state index in [0.717, 1.165) is 22.5 Å². The predicted octanol–water partition coefficient (Wildman–Crippen LogP) is 5.18. The van der Waals surface area contributed by atoms with Crippen LogP contribution in [-0.4, -0.2) is 44.3 Å². The molecule has 39 heavy (non-hydrogen) atoms. The second-order valence-corrected chi connectivity index (χ2v) is 8.82. The van der Waals surface area contributed by atoms with Crippen molar-refractivity contribution in [2.24, 2.45) is 4.99 Å². The minimum atomic E-state index is -0.286. The summed E-state index contributed by atoms with van der Waals surface area (Å²) in [6.45, 7) is 3.78. The Bertz CT molecular complexity index is 1600. The molecule has 4 heterocycles. The molecule has 0 saturated carbocycles. The normalized spacial score (nSPS) is 11.9. The third-order valence-corrected chi connectivity index (χ3v) is 5.85. The molecule has 194 valence electrons. The van der Waals surface area contributed by atoms with Crippen LogP contribution < -0.4 is 10.6 Å². The Labute approximate surface area is 225 Å². The number of nitrogens with zero attached hydrogens (tertiary/aromatic N) is 6. The summed E-state index contributed by atoms with van der Waals surface area (Å²) in [4.78, 5) is 34.7. The van der Waals surface area contributed by atoms with Gasteiger partial charge in [0, 0.05) is 48.4 Å². The zero-order valence-electron chi connectivity index (χ0n) is 21.7. The predicted molar refractivity (Wildman–Crippen MR) is 149 cm³/mol. The molecule has 1 aromatic carbocycles. The standard InChI is InChI=1S/C29H26N8O2/c1-18-13-26(35-27-14-23(17-30-3)39-37-27)36-28(33-18)22-10-12-25(32-16-22)29(38)34-19(2)21-9-11-24(31-15-21)20-7-5-4-6-8-20/h4-17,19H,1-3H3,(H,34,38)(H,33,35,36,37)/b30-17-. The number of carbonyl (C=O) groups is 1. The van der Waals surface area contributed by atoms with Gasteiger partial charge in [-0.2, -0.15) is 0 Å². The summed E-state index contributed by atoms with van der Waals surface area (Å²) in [6, 6.07) is 20.6. The molecular weight excluding hydrogens is 492 g/mol. The molecule has 0 bridgehead atoms. The number of nitrogens with one attached hydrogen (secondary N) is 2. The first-order valence-electron chi connectivity index (χ1n) is 12.3. The first-order valence-corrected chi connectivity index (χ1v) is 12.3. The maximum atomic E-state index is 12.9. The maximum absolute atomic E-state index is 12.9. The van der Waals surface area contributed by atoms with E-state index in [9.17, 15) is 4.79 Å². The third-order valence-electron chi connectivity index (χ3n) is 5.85. The highest BCUT2D eigenvalue weighted by atomic mass is 16.5. The summed E-state index contributed by atoms with van der Waals surface area (Å²) in [5.41, 5.74) is 4.53. The lowest BCUT2D eigenvalue weighted by Crippen LogP contribution is -2.27. The first-order chi connectivity index (χ1) is 19.0. The van der Waals surface area contributed by atoms with Gasteiger partial charge in [0.1, 0.15) is 11.5 Å². The fourth-order valence-corrected chi connectivity index (χ4v) is 3.88. The van der Waals surface area contributed by atoms with E-state index in [4.69, 9.17) is 4.52 Å². The molecule has 1 atom stereocenters. The second-order valence-electron chi connectivity index (χ2n) is 8.82. The van der Waals surface area contributed by atoms with Crippen molar-refractivity contribution >= 4 is 23.8 Å². The molecule has 10 heteroatoms. The third kappa shape index (κ3) is 6.19. The number of hydrogen-bond acceptors (Lipinski definition) is 9. The number of benzene rings is 1. The molecule has 5 aromatic rings. The van der Waals surface area contributed by atoms with Crippen LogP contribution in [-0.2, 0) is 0 Å². The molecule has 4 aromatic heterocycles. The zero-order chi connectivity index (χ0) is 27.2. The number of carbonyl (C=O) groups excluding carboxylic acids is 1. The van der Waals surface area contributed by atoms with Crippen molar-refractivity contribution < 1.29 is 9.32 Å². The smallest absolute Gasteiger partial charge is 0.270 e. The van der Waals surface area contributed by atoms with Crippen molar-refractivity contribution in [1.82, 2.24) is 30.4 Å². The molecule has 1 amide bonds. The molecule has 0 spiro atoms. The van der Waals surface area contributed by atoms with Gasteiger partial charge in [-0.3, -0.25) is 19.8 Å². The highest BCUT2D eigenvalue weighted by Gasteiger charge is 2.15. The summed E-state index contributed by atoms with van der Waals surface area (Å²) < 4.78 is 5.18. The number of pyridine rings is 2. The van der Waals surface area contributed by atoms with Gasteiger partial charge in [-0.15, -0.1) is 0 Å². The van der Waals surface area contributed by atoms with E-state index < -0.39 is 0 Å². The Balaban J connectivity index is 1.25. The van der Waals surface area contributed by atoms with Crippen LogP contribution in [0, 0.1) is 6.92 Å². The van der Waals surface area contributed by atoms with Gasteiger partial charge in [0.2, 0.25) is 0 Å². The summed E-state index contributed by atoms with van der Waals surface area (Å²) in [5, 5.41) is 10.0. The van der Waals surface area contributed by atoms with Crippen LogP contribution in [0.25, 0.3) is 22.6 Å². The minimum absolute atomic E-state index is 0.245. The van der Waals surface area contributed by atoms with Gasteiger partial charge in [-0.1, -0.05) is 41.6 Å². The quantitative estimate of drug-likeness (QED) is 0.269. The molecule has 0 radical (unpaired) electrons. The van der Waals surface area contributed by atoms with Crippen LogP contribution in [0.4, 0.5) is 11.6 Å². The second kappa shape index (κ2) is 11.4. The van der Waals surface area contributed by atoms with Crippen molar-refractivity contribution in [2.75, 3.05) is 12.4 Å². The molecule has 0 aliphatic rings. The van der Waals surface area contributed by atoms with Gasteiger partial charge in [-0.05, 0) is 37.6 Å². The summed E-state index contributed by atoms with van der Waals surface area (Å²) >= 11 is 0. The van der Waals surface area contributed by atoms with Gasteiger partial charge < -0.3 is 15.2 Å². The average molecular weight is 519 g/mol. The van der Waals surface area contributed by atoms with E-state index >= 15 is 0 Å². The molecule has 1 unspecified atom stereocenters. The number of aliphatic imine (C=N–C) groups is 1. The Morgan fingerprint density at radius 2 is 1.79 bits per heavy atom. The molecule has 5 rings (SSSR count). The first kappa shape index (κ1) is 25.4. The van der Waals surface area contributed by atoms with Crippen LogP contribution in [0.15, 0.2) is 88.6 Å². The highest BCUT2D eigenvalue weighted by Crippen LogP contribution is 2.22. The lowest BCUT2D eigenvalue weighted by atomic mass is 10.1. The van der Waals surface area contributed by atoms with Gasteiger partial charge in [-0.25, -0.2) is 9.97 Å². The lowest BCUT2D eigenvalue weighted by molar-refractivity contribution is 0.0935. The highest BCUT2D eigenvalue weighted by molar-refractivity contribution is 5.92. The zero-order valence-corrected chi connectivity index (χ0v) is 21.7. The van der Waals surface area contributed by atoms with E-state index in [1.165, 1.54) is 0 Å². The van der Waals surface area contributed by atoms with E-state index in [-0.39, 0.29) is 17.6 Å². The molecule has 10 nitrogen and oxygen atoms in total. The summed E-state index contributed by atoms with van der Waals surface area (Å²) in [5.74, 6) is 1.75. The molecule has 0 fully saturated rings. The van der Waals surface area contributed by atoms with Crippen LogP contribution in [0.3, 0.4) is 0 Å². The summed E-state index contributed by atoms with van der Waals surface area (Å²) in [7, 11) is 1.65. The van der Waals surface area contributed by atoms with Gasteiger partial charge in [0.25, 0.3) is 5.91 Å². The number of anilines is 2. The topological polar surface area (TPSA) is 131 Å². The number of rotatable bonds is 8. The van der Waals surface area contributed by atoms with Crippen molar-refractivity contribution in [2.45, 2.75) is 19.9 Å². The van der Waals surface area contributed by atoms with Gasteiger partial charge >= 0.3 is 0 Å². The SMILES string of the molecule is C/N=C\c1cc(Nc2cc(C)nc(-c3ccc(C(=O)NC(C)c4ccc(-c5ccccc5)nc4)nc3)n2)no1. The van der Waals surface area contributed by atoms with Crippen molar-refractivity contribution in [3.05, 3.63) is 102 Å². The van der Waals surface area contributed by atoms with E-state index in [1.54, 1.807) is 49.9 Å². The Morgan fingerprint density at radius 1 is 0.949 bits per heavy atom. The van der Waals surface area contributed by atoms with Crippen molar-refractivity contribution in [3.8, 4) is 22.6 Å². The van der Waals surface area contributed by atoms with E-state index in [1.807, 2.05) is 56.3 Å². The van der Waals surface area contributed by atoms with Gasteiger partial charge in [0.15, 0.2) is 17.4 Å². The Morgan fingerprint density at radius 3 is 2.51 bits per heavy atom. The van der Waals surface area contributed by atoms with Gasteiger partial charge in [0.05, 0.1) is 18.0 Å². The van der Waals surface area contributed by atoms with Crippen molar-refractivity contribution in [3.63, 3.8) is 0 Å². The van der Waals surface area contributed by atoms with Crippen LogP contribution in [0.1, 0.15) is 40.5 Å². The fraction of sp³-hybridized carbons (Fsp3) is 0.138. The van der Waals surface area contributed by atoms with Crippen LogP contribution in [0.2, 0.25) is 0 Å². The van der Waals surface area contributed by atoms with Crippen molar-refractivity contribution in [1.29, 1.82) is 0 Å². The number of amides is 1. The number of hydrogen-bond donors (Lipinski definition) is 2. The molecule has 0 saturated heterocycles. The Hall–Kier alpha value is -5.25. The number of aryl methyl sites for hydroxylation is 1. The monoisotopic (exact) mass is 518 g/mol. The van der Waals surface area contributed by atoms with Crippen LogP contribution in [0.5, 0.6) is 0 Å². The number of aromatic nitrogens is 5. The molecule has 0 aliphatic carbocycles. The van der Waals surface area contributed by atoms with Crippen LogP contribution >= 0.6 is 0 Å². The molecular formula is C29H26N8O2. The Kier molecular flexibility index (Phi) is 7.44. The molecule has 0 aliphatic heterocycles. The van der Waals surface area contributed by atoms with E-state index in [0.29, 0.717) is 28.8 Å².